The molecule has 1 aromatic rings. The van der Waals surface area contributed by atoms with Gasteiger partial charge >= 0.3 is 0 Å². The number of halogens is 1. The lowest BCUT2D eigenvalue weighted by molar-refractivity contribution is -0.135. The van der Waals surface area contributed by atoms with E-state index >= 15 is 0 Å². The quantitative estimate of drug-likeness (QED) is 0.748. The van der Waals surface area contributed by atoms with Crippen molar-refractivity contribution in [2.24, 2.45) is 5.92 Å². The minimum Gasteiger partial charge on any atom is -0.341 e. The van der Waals surface area contributed by atoms with Gasteiger partial charge in [-0.05, 0) is 36.5 Å². The van der Waals surface area contributed by atoms with Gasteiger partial charge in [0.05, 0.1) is 12.5 Å². The van der Waals surface area contributed by atoms with Gasteiger partial charge in [-0.25, -0.2) is 0 Å². The molecule has 2 amide bonds. The number of piperazine rings is 1. The van der Waals surface area contributed by atoms with Crippen LogP contribution in [0.4, 0.5) is 0 Å². The maximum Gasteiger partial charge on any atom is 0.239 e. The van der Waals surface area contributed by atoms with Gasteiger partial charge in [0, 0.05) is 44.3 Å². The molecule has 0 radical (unpaired) electrons. The molecule has 0 aromatic heterocycles. The van der Waals surface area contributed by atoms with Crippen molar-refractivity contribution >= 4 is 23.4 Å². The van der Waals surface area contributed by atoms with E-state index in [0.29, 0.717) is 30.5 Å². The summed E-state index contributed by atoms with van der Waals surface area (Å²) in [6.45, 7) is 9.04. The number of carbonyl (C=O) groups excluding carboxylic acids is 2. The molecule has 3 rings (SSSR count). The first-order valence-electron chi connectivity index (χ1n) is 9.99. The molecule has 1 atom stereocenters. The SMILES string of the molecule is CC(C)CCN1CCC(N2CCN(C(=O)Cc3cccc(Cl)c3)CC2)C1=O. The van der Waals surface area contributed by atoms with Crippen LogP contribution in [0.1, 0.15) is 32.3 Å². The molecule has 2 saturated heterocycles. The van der Waals surface area contributed by atoms with Gasteiger partial charge in [-0.15, -0.1) is 0 Å². The zero-order valence-corrected chi connectivity index (χ0v) is 17.1. The molecule has 1 unspecified atom stereocenters. The van der Waals surface area contributed by atoms with Crippen LogP contribution in [-0.2, 0) is 16.0 Å². The minimum atomic E-state index is 0.00217. The summed E-state index contributed by atoms with van der Waals surface area (Å²) < 4.78 is 0. The Bertz CT molecular complexity index is 671. The third-order valence-corrected chi connectivity index (χ3v) is 5.83. The average molecular weight is 392 g/mol. The molecule has 6 heteroatoms. The highest BCUT2D eigenvalue weighted by Crippen LogP contribution is 2.20. The maximum atomic E-state index is 12.7. The molecule has 2 heterocycles. The zero-order valence-electron chi connectivity index (χ0n) is 16.4. The normalized spacial score (nSPS) is 21.3. The largest absolute Gasteiger partial charge is 0.341 e. The second-order valence-corrected chi connectivity index (χ2v) is 8.47. The molecular formula is C21H30ClN3O2. The van der Waals surface area contributed by atoms with E-state index in [-0.39, 0.29) is 17.9 Å². The Morgan fingerprint density at radius 3 is 2.59 bits per heavy atom. The van der Waals surface area contributed by atoms with Gasteiger partial charge in [-0.3, -0.25) is 14.5 Å². The second-order valence-electron chi connectivity index (χ2n) is 8.04. The lowest BCUT2D eigenvalue weighted by Crippen LogP contribution is -2.54. The van der Waals surface area contributed by atoms with Crippen molar-refractivity contribution in [3.8, 4) is 0 Å². The third kappa shape index (κ3) is 5.23. The fourth-order valence-corrected chi connectivity index (χ4v) is 4.13. The molecule has 2 aliphatic heterocycles. The Kier molecular flexibility index (Phi) is 6.77. The molecule has 0 spiro atoms. The molecular weight excluding hydrogens is 362 g/mol. The monoisotopic (exact) mass is 391 g/mol. The molecule has 27 heavy (non-hydrogen) atoms. The Morgan fingerprint density at radius 2 is 1.93 bits per heavy atom. The third-order valence-electron chi connectivity index (χ3n) is 5.60. The molecule has 0 aliphatic carbocycles. The van der Waals surface area contributed by atoms with E-state index in [4.69, 9.17) is 11.6 Å². The fourth-order valence-electron chi connectivity index (χ4n) is 3.91. The van der Waals surface area contributed by atoms with Crippen molar-refractivity contribution in [1.29, 1.82) is 0 Å². The van der Waals surface area contributed by atoms with Crippen molar-refractivity contribution in [2.75, 3.05) is 39.3 Å². The van der Waals surface area contributed by atoms with E-state index in [1.807, 2.05) is 34.1 Å². The van der Waals surface area contributed by atoms with E-state index in [1.165, 1.54) is 0 Å². The predicted molar refractivity (Wildman–Crippen MR) is 108 cm³/mol. The van der Waals surface area contributed by atoms with Crippen LogP contribution in [-0.4, -0.2) is 71.8 Å². The van der Waals surface area contributed by atoms with Crippen molar-refractivity contribution in [3.05, 3.63) is 34.9 Å². The Labute approximate surface area is 167 Å². The Morgan fingerprint density at radius 1 is 1.19 bits per heavy atom. The van der Waals surface area contributed by atoms with Crippen LogP contribution in [0.25, 0.3) is 0 Å². The van der Waals surface area contributed by atoms with Crippen molar-refractivity contribution in [2.45, 2.75) is 39.2 Å². The van der Waals surface area contributed by atoms with Gasteiger partial charge in [0.1, 0.15) is 0 Å². The van der Waals surface area contributed by atoms with Gasteiger partial charge < -0.3 is 9.80 Å². The number of benzene rings is 1. The second kappa shape index (κ2) is 9.07. The van der Waals surface area contributed by atoms with E-state index in [2.05, 4.69) is 18.7 Å². The van der Waals surface area contributed by atoms with Gasteiger partial charge in [-0.1, -0.05) is 37.6 Å². The van der Waals surface area contributed by atoms with Crippen LogP contribution >= 0.6 is 11.6 Å². The minimum absolute atomic E-state index is 0.00217. The first kappa shape index (κ1) is 20.2. The molecule has 0 saturated carbocycles. The number of hydrogen-bond acceptors (Lipinski definition) is 3. The summed E-state index contributed by atoms with van der Waals surface area (Å²) in [5.74, 6) is 1.02. The molecule has 2 aliphatic rings. The number of amides is 2. The molecule has 148 valence electrons. The number of nitrogens with zero attached hydrogens (tertiary/aromatic N) is 3. The Balaban J connectivity index is 1.47. The van der Waals surface area contributed by atoms with Crippen molar-refractivity contribution < 1.29 is 9.59 Å². The summed E-state index contributed by atoms with van der Waals surface area (Å²) in [5.41, 5.74) is 0.946. The Hall–Kier alpha value is -1.59. The molecule has 5 nitrogen and oxygen atoms in total. The lowest BCUT2D eigenvalue weighted by Gasteiger charge is -2.37. The van der Waals surface area contributed by atoms with Crippen LogP contribution < -0.4 is 0 Å². The van der Waals surface area contributed by atoms with Gasteiger partial charge in [0.2, 0.25) is 11.8 Å². The van der Waals surface area contributed by atoms with Gasteiger partial charge in [0.25, 0.3) is 0 Å². The summed E-state index contributed by atoms with van der Waals surface area (Å²) in [5, 5.41) is 0.659. The van der Waals surface area contributed by atoms with Crippen LogP contribution in [0.2, 0.25) is 5.02 Å². The summed E-state index contributed by atoms with van der Waals surface area (Å²) in [6.07, 6.45) is 2.35. The highest BCUT2D eigenvalue weighted by molar-refractivity contribution is 6.30. The predicted octanol–water partition coefficient (Wildman–Crippen LogP) is 2.67. The van der Waals surface area contributed by atoms with Crippen molar-refractivity contribution in [3.63, 3.8) is 0 Å². The maximum absolute atomic E-state index is 12.7. The summed E-state index contributed by atoms with van der Waals surface area (Å²) in [6, 6.07) is 7.47. The molecule has 0 bridgehead atoms. The molecule has 2 fully saturated rings. The first-order valence-corrected chi connectivity index (χ1v) is 10.4. The van der Waals surface area contributed by atoms with E-state index in [0.717, 1.165) is 44.6 Å². The van der Waals surface area contributed by atoms with E-state index in [9.17, 15) is 9.59 Å². The number of carbonyl (C=O) groups is 2. The highest BCUT2D eigenvalue weighted by Gasteiger charge is 2.37. The number of likely N-dealkylation sites (tertiary alicyclic amines) is 1. The summed E-state index contributed by atoms with van der Waals surface area (Å²) in [7, 11) is 0. The van der Waals surface area contributed by atoms with E-state index < -0.39 is 0 Å². The number of hydrogen-bond donors (Lipinski definition) is 0. The van der Waals surface area contributed by atoms with E-state index in [1.54, 1.807) is 0 Å². The zero-order chi connectivity index (χ0) is 19.4. The lowest BCUT2D eigenvalue weighted by atomic mass is 10.1. The van der Waals surface area contributed by atoms with Gasteiger partial charge in [-0.2, -0.15) is 0 Å². The first-order chi connectivity index (χ1) is 12.9. The summed E-state index contributed by atoms with van der Waals surface area (Å²) in [4.78, 5) is 31.4. The topological polar surface area (TPSA) is 43.9 Å². The molecule has 1 aromatic carbocycles. The van der Waals surface area contributed by atoms with Crippen LogP contribution in [0.5, 0.6) is 0 Å². The average Bonchev–Trinajstić information content (AvgIpc) is 3.00. The summed E-state index contributed by atoms with van der Waals surface area (Å²) >= 11 is 6.00. The smallest absolute Gasteiger partial charge is 0.239 e. The molecule has 0 N–H and O–H groups in total. The van der Waals surface area contributed by atoms with Crippen molar-refractivity contribution in [1.82, 2.24) is 14.7 Å². The van der Waals surface area contributed by atoms with Crippen LogP contribution in [0.3, 0.4) is 0 Å². The highest BCUT2D eigenvalue weighted by atomic mass is 35.5. The van der Waals surface area contributed by atoms with Crippen LogP contribution in [0, 0.1) is 5.92 Å². The number of rotatable bonds is 6. The fraction of sp³-hybridized carbons (Fsp3) is 0.619. The van der Waals surface area contributed by atoms with Crippen LogP contribution in [0.15, 0.2) is 24.3 Å². The standard InChI is InChI=1S/C21H30ClN3O2/c1-16(2)6-8-25-9-7-19(21(25)27)23-10-12-24(13-11-23)20(26)15-17-4-3-5-18(22)14-17/h3-5,14,16,19H,6-13,15H2,1-2H3. The van der Waals surface area contributed by atoms with Gasteiger partial charge in [0.15, 0.2) is 0 Å².